The van der Waals surface area contributed by atoms with Crippen LogP contribution in [-0.2, 0) is 9.84 Å². The quantitative estimate of drug-likeness (QED) is 0.893. The summed E-state index contributed by atoms with van der Waals surface area (Å²) in [5.74, 6) is -1.16. The number of halogens is 1. The van der Waals surface area contributed by atoms with Gasteiger partial charge in [-0.05, 0) is 38.1 Å². The number of rotatable bonds is 3. The maximum Gasteiger partial charge on any atom is 0.254 e. The molecule has 2 heterocycles. The number of sulfone groups is 1. The van der Waals surface area contributed by atoms with Crippen LogP contribution in [0, 0.1) is 5.82 Å². The van der Waals surface area contributed by atoms with Crippen molar-refractivity contribution in [3.8, 4) is 0 Å². The third kappa shape index (κ3) is 3.15. The first-order valence-corrected chi connectivity index (χ1v) is 9.28. The molecule has 0 aromatic heterocycles. The van der Waals surface area contributed by atoms with Crippen molar-refractivity contribution in [2.24, 2.45) is 0 Å². The number of nitrogens with zero attached hydrogens (tertiary/aromatic N) is 1. The highest BCUT2D eigenvalue weighted by atomic mass is 32.2. The van der Waals surface area contributed by atoms with Gasteiger partial charge in [-0.15, -0.1) is 0 Å². The van der Waals surface area contributed by atoms with Gasteiger partial charge in [-0.3, -0.25) is 9.69 Å². The summed E-state index contributed by atoms with van der Waals surface area (Å²) in [4.78, 5) is 14.4. The molecule has 0 bridgehead atoms. The number of hydrogen-bond donors (Lipinski definition) is 1. The SMILES string of the molecule is O=C(N[C@H]1CS(=O)(=O)C[C@H]1N1CCCC1)c1ccccc1F. The van der Waals surface area contributed by atoms with E-state index < -0.39 is 27.6 Å². The van der Waals surface area contributed by atoms with Crippen LogP contribution in [0.15, 0.2) is 24.3 Å². The van der Waals surface area contributed by atoms with Crippen LogP contribution in [0.4, 0.5) is 4.39 Å². The molecule has 1 N–H and O–H groups in total. The number of carbonyl (C=O) groups is 1. The third-order valence-corrected chi connectivity index (χ3v) is 6.08. The predicted molar refractivity (Wildman–Crippen MR) is 80.9 cm³/mol. The van der Waals surface area contributed by atoms with E-state index in [1.165, 1.54) is 18.2 Å². The second kappa shape index (κ2) is 5.96. The molecule has 2 fully saturated rings. The largest absolute Gasteiger partial charge is 0.347 e. The second-order valence-corrected chi connectivity index (χ2v) is 8.10. The van der Waals surface area contributed by atoms with Gasteiger partial charge < -0.3 is 5.32 Å². The molecular weight excluding hydrogens is 307 g/mol. The monoisotopic (exact) mass is 326 g/mol. The first-order valence-electron chi connectivity index (χ1n) is 7.46. The van der Waals surface area contributed by atoms with Crippen LogP contribution < -0.4 is 5.32 Å². The van der Waals surface area contributed by atoms with Gasteiger partial charge >= 0.3 is 0 Å². The van der Waals surface area contributed by atoms with E-state index >= 15 is 0 Å². The lowest BCUT2D eigenvalue weighted by Crippen LogP contribution is -2.50. The van der Waals surface area contributed by atoms with E-state index in [0.29, 0.717) is 0 Å². The lowest BCUT2D eigenvalue weighted by Gasteiger charge is -2.28. The second-order valence-electron chi connectivity index (χ2n) is 5.95. The van der Waals surface area contributed by atoms with E-state index in [-0.39, 0.29) is 23.1 Å². The summed E-state index contributed by atoms with van der Waals surface area (Å²) >= 11 is 0. The summed E-state index contributed by atoms with van der Waals surface area (Å²) in [5.41, 5.74) is -0.0491. The fourth-order valence-electron chi connectivity index (χ4n) is 3.29. The summed E-state index contributed by atoms with van der Waals surface area (Å²) in [6.07, 6.45) is 2.09. The van der Waals surface area contributed by atoms with Crippen LogP contribution in [0.25, 0.3) is 0 Å². The summed E-state index contributed by atoms with van der Waals surface area (Å²) in [5, 5.41) is 2.72. The lowest BCUT2D eigenvalue weighted by molar-refractivity contribution is 0.0914. The van der Waals surface area contributed by atoms with Crippen molar-refractivity contribution >= 4 is 15.7 Å². The first kappa shape index (κ1) is 15.4. The highest BCUT2D eigenvalue weighted by Crippen LogP contribution is 2.23. The van der Waals surface area contributed by atoms with Gasteiger partial charge in [0.1, 0.15) is 5.82 Å². The highest BCUT2D eigenvalue weighted by molar-refractivity contribution is 7.91. The molecule has 1 aromatic carbocycles. The summed E-state index contributed by atoms with van der Waals surface area (Å²) < 4.78 is 37.6. The van der Waals surface area contributed by atoms with E-state index in [0.717, 1.165) is 25.9 Å². The fourth-order valence-corrected chi connectivity index (χ4v) is 5.24. The lowest BCUT2D eigenvalue weighted by atomic mass is 10.1. The average molecular weight is 326 g/mol. The average Bonchev–Trinajstić information content (AvgIpc) is 3.06. The maximum absolute atomic E-state index is 13.7. The Morgan fingerprint density at radius 1 is 1.18 bits per heavy atom. The molecule has 2 aliphatic rings. The molecule has 1 aromatic rings. The van der Waals surface area contributed by atoms with Crippen molar-refractivity contribution in [1.82, 2.24) is 10.2 Å². The highest BCUT2D eigenvalue weighted by Gasteiger charge is 2.42. The first-order chi connectivity index (χ1) is 10.5. The van der Waals surface area contributed by atoms with Crippen molar-refractivity contribution in [3.63, 3.8) is 0 Å². The van der Waals surface area contributed by atoms with E-state index in [1.807, 2.05) is 0 Å². The number of carbonyl (C=O) groups excluding carboxylic acids is 1. The predicted octanol–water partition coefficient (Wildman–Crippen LogP) is 0.817. The van der Waals surface area contributed by atoms with Crippen LogP contribution in [0.2, 0.25) is 0 Å². The Kier molecular flexibility index (Phi) is 4.18. The molecule has 1 amide bonds. The molecule has 2 aliphatic heterocycles. The van der Waals surface area contributed by atoms with Crippen molar-refractivity contribution in [2.75, 3.05) is 24.6 Å². The van der Waals surface area contributed by atoms with Crippen LogP contribution in [0.5, 0.6) is 0 Å². The Labute approximate surface area is 129 Å². The van der Waals surface area contributed by atoms with Gasteiger partial charge in [0.2, 0.25) is 0 Å². The zero-order chi connectivity index (χ0) is 15.7. The molecular formula is C15H19FN2O3S. The van der Waals surface area contributed by atoms with Gasteiger partial charge in [-0.2, -0.15) is 0 Å². The molecule has 0 aliphatic carbocycles. The van der Waals surface area contributed by atoms with Gasteiger partial charge in [-0.1, -0.05) is 12.1 Å². The van der Waals surface area contributed by atoms with Crippen LogP contribution in [-0.4, -0.2) is 55.9 Å². The maximum atomic E-state index is 13.7. The molecule has 3 rings (SSSR count). The number of nitrogens with one attached hydrogen (secondary N) is 1. The molecule has 0 radical (unpaired) electrons. The normalized spacial score (nSPS) is 27.9. The number of hydrogen-bond acceptors (Lipinski definition) is 4. The Morgan fingerprint density at radius 3 is 2.55 bits per heavy atom. The fraction of sp³-hybridized carbons (Fsp3) is 0.533. The topological polar surface area (TPSA) is 66.5 Å². The van der Waals surface area contributed by atoms with Gasteiger partial charge in [0.15, 0.2) is 9.84 Å². The van der Waals surface area contributed by atoms with E-state index in [1.54, 1.807) is 6.07 Å². The Balaban J connectivity index is 1.77. The van der Waals surface area contributed by atoms with Crippen molar-refractivity contribution in [1.29, 1.82) is 0 Å². The summed E-state index contributed by atoms with van der Waals surface area (Å²) in [6, 6.07) is 5.04. The minimum atomic E-state index is -3.17. The Bertz CT molecular complexity index is 671. The molecule has 0 saturated carbocycles. The Hall–Kier alpha value is -1.47. The third-order valence-electron chi connectivity index (χ3n) is 4.37. The molecule has 2 saturated heterocycles. The molecule has 7 heteroatoms. The van der Waals surface area contributed by atoms with Crippen molar-refractivity contribution < 1.29 is 17.6 Å². The van der Waals surface area contributed by atoms with E-state index in [2.05, 4.69) is 10.2 Å². The zero-order valence-corrected chi connectivity index (χ0v) is 13.0. The van der Waals surface area contributed by atoms with Crippen molar-refractivity contribution in [2.45, 2.75) is 24.9 Å². The van der Waals surface area contributed by atoms with E-state index in [9.17, 15) is 17.6 Å². The smallest absolute Gasteiger partial charge is 0.254 e. The van der Waals surface area contributed by atoms with Crippen LogP contribution >= 0.6 is 0 Å². The van der Waals surface area contributed by atoms with Crippen molar-refractivity contribution in [3.05, 3.63) is 35.6 Å². The standard InChI is InChI=1S/C15H19FN2O3S/c16-12-6-2-1-5-11(12)15(19)17-13-9-22(20,21)10-14(13)18-7-3-4-8-18/h1-2,5-6,13-14H,3-4,7-10H2,(H,17,19)/t13-,14+/m0/s1. The number of benzene rings is 1. The van der Waals surface area contributed by atoms with Gasteiger partial charge in [0.25, 0.3) is 5.91 Å². The molecule has 0 unspecified atom stereocenters. The van der Waals surface area contributed by atoms with Crippen LogP contribution in [0.3, 0.4) is 0 Å². The minimum absolute atomic E-state index is 0.0491. The van der Waals surface area contributed by atoms with Gasteiger partial charge in [0.05, 0.1) is 23.1 Å². The molecule has 0 spiro atoms. The molecule has 120 valence electrons. The molecule has 5 nitrogen and oxygen atoms in total. The number of likely N-dealkylation sites (tertiary alicyclic amines) is 1. The van der Waals surface area contributed by atoms with E-state index in [4.69, 9.17) is 0 Å². The Morgan fingerprint density at radius 2 is 1.86 bits per heavy atom. The number of amides is 1. The molecule has 22 heavy (non-hydrogen) atoms. The van der Waals surface area contributed by atoms with Gasteiger partial charge in [0, 0.05) is 6.04 Å². The summed E-state index contributed by atoms with van der Waals surface area (Å²) in [6.45, 7) is 1.71. The summed E-state index contributed by atoms with van der Waals surface area (Å²) in [7, 11) is -3.17. The molecule has 2 atom stereocenters. The van der Waals surface area contributed by atoms with Crippen LogP contribution in [0.1, 0.15) is 23.2 Å². The minimum Gasteiger partial charge on any atom is -0.347 e. The zero-order valence-electron chi connectivity index (χ0n) is 12.2. The van der Waals surface area contributed by atoms with Gasteiger partial charge in [-0.25, -0.2) is 12.8 Å².